The first kappa shape index (κ1) is 10.5. The largest absolute Gasteiger partial charge is 0.381 e. The summed E-state index contributed by atoms with van der Waals surface area (Å²) in [6.45, 7) is 4.46. The Hall–Kier alpha value is -0.570. The minimum atomic E-state index is 0.273. The van der Waals surface area contributed by atoms with Crippen LogP contribution in [0, 0.1) is 5.92 Å². The standard InChI is InChI=1S/C10H19NO2/c1-3-11(2)10(12)8-9-4-6-13-7-5-9/h9H,3-8H2,1-2H3. The molecule has 0 spiro atoms. The van der Waals surface area contributed by atoms with E-state index in [1.54, 1.807) is 4.90 Å². The summed E-state index contributed by atoms with van der Waals surface area (Å²) in [4.78, 5) is 13.3. The summed E-state index contributed by atoms with van der Waals surface area (Å²) in [5, 5.41) is 0. The zero-order valence-corrected chi connectivity index (χ0v) is 8.58. The molecular formula is C10H19NO2. The Kier molecular flexibility index (Phi) is 4.22. The lowest BCUT2D eigenvalue weighted by molar-refractivity contribution is -0.131. The van der Waals surface area contributed by atoms with Gasteiger partial charge in [0.1, 0.15) is 0 Å². The van der Waals surface area contributed by atoms with Crippen molar-refractivity contribution in [1.29, 1.82) is 0 Å². The number of hydrogen-bond acceptors (Lipinski definition) is 2. The average molecular weight is 185 g/mol. The van der Waals surface area contributed by atoms with Crippen molar-refractivity contribution in [1.82, 2.24) is 4.90 Å². The van der Waals surface area contributed by atoms with Gasteiger partial charge < -0.3 is 9.64 Å². The van der Waals surface area contributed by atoms with Gasteiger partial charge in [-0.1, -0.05) is 0 Å². The number of hydrogen-bond donors (Lipinski definition) is 0. The van der Waals surface area contributed by atoms with Crippen molar-refractivity contribution in [3.63, 3.8) is 0 Å². The summed E-state index contributed by atoms with van der Waals surface area (Å²) < 4.78 is 5.24. The molecule has 1 saturated heterocycles. The smallest absolute Gasteiger partial charge is 0.222 e. The summed E-state index contributed by atoms with van der Waals surface area (Å²) in [5.41, 5.74) is 0. The summed E-state index contributed by atoms with van der Waals surface area (Å²) in [7, 11) is 1.86. The van der Waals surface area contributed by atoms with Crippen LogP contribution in [0.15, 0.2) is 0 Å². The monoisotopic (exact) mass is 185 g/mol. The molecule has 0 N–H and O–H groups in total. The number of ether oxygens (including phenoxy) is 1. The Labute approximate surface area is 80.1 Å². The molecule has 1 aliphatic rings. The lowest BCUT2D eigenvalue weighted by atomic mass is 9.96. The van der Waals surface area contributed by atoms with Crippen molar-refractivity contribution in [3.8, 4) is 0 Å². The lowest BCUT2D eigenvalue weighted by Gasteiger charge is -2.23. The SMILES string of the molecule is CCN(C)C(=O)CC1CCOCC1. The number of amides is 1. The highest BCUT2D eigenvalue weighted by Crippen LogP contribution is 2.18. The van der Waals surface area contributed by atoms with Gasteiger partial charge in [0.05, 0.1) is 0 Å². The Morgan fingerprint density at radius 1 is 1.46 bits per heavy atom. The van der Waals surface area contributed by atoms with Gasteiger partial charge in [0.15, 0.2) is 0 Å². The number of nitrogens with zero attached hydrogens (tertiary/aromatic N) is 1. The molecule has 0 aliphatic carbocycles. The quantitative estimate of drug-likeness (QED) is 0.663. The van der Waals surface area contributed by atoms with Gasteiger partial charge in [-0.25, -0.2) is 0 Å². The molecule has 0 bridgehead atoms. The van der Waals surface area contributed by atoms with Crippen molar-refractivity contribution in [2.75, 3.05) is 26.8 Å². The zero-order chi connectivity index (χ0) is 9.68. The lowest BCUT2D eigenvalue weighted by Crippen LogP contribution is -2.29. The number of carbonyl (C=O) groups excluding carboxylic acids is 1. The first-order valence-electron chi connectivity index (χ1n) is 5.05. The molecule has 1 amide bonds. The molecule has 0 atom stereocenters. The summed E-state index contributed by atoms with van der Waals surface area (Å²) >= 11 is 0. The van der Waals surface area contributed by atoms with Gasteiger partial charge in [0.2, 0.25) is 5.91 Å². The predicted octanol–water partition coefficient (Wildman–Crippen LogP) is 1.28. The molecular weight excluding hydrogens is 166 g/mol. The maximum Gasteiger partial charge on any atom is 0.222 e. The van der Waals surface area contributed by atoms with Crippen LogP contribution in [0.1, 0.15) is 26.2 Å². The maximum absolute atomic E-state index is 11.5. The molecule has 0 unspecified atom stereocenters. The van der Waals surface area contributed by atoms with Crippen LogP contribution in [-0.2, 0) is 9.53 Å². The van der Waals surface area contributed by atoms with Gasteiger partial charge in [-0.05, 0) is 25.7 Å². The number of carbonyl (C=O) groups is 1. The zero-order valence-electron chi connectivity index (χ0n) is 8.58. The second-order valence-electron chi connectivity index (χ2n) is 3.67. The summed E-state index contributed by atoms with van der Waals surface area (Å²) in [6.07, 6.45) is 2.79. The Bertz CT molecular complexity index is 164. The van der Waals surface area contributed by atoms with E-state index in [1.165, 1.54) is 0 Å². The predicted molar refractivity (Wildman–Crippen MR) is 51.5 cm³/mol. The van der Waals surface area contributed by atoms with E-state index < -0.39 is 0 Å². The van der Waals surface area contributed by atoms with E-state index >= 15 is 0 Å². The van der Waals surface area contributed by atoms with Crippen molar-refractivity contribution in [3.05, 3.63) is 0 Å². The third-order valence-corrected chi connectivity index (χ3v) is 2.70. The molecule has 3 nitrogen and oxygen atoms in total. The normalized spacial score (nSPS) is 18.6. The van der Waals surface area contributed by atoms with Crippen molar-refractivity contribution in [2.24, 2.45) is 5.92 Å². The fourth-order valence-corrected chi connectivity index (χ4v) is 1.53. The molecule has 3 heteroatoms. The van der Waals surface area contributed by atoms with Crippen molar-refractivity contribution >= 4 is 5.91 Å². The van der Waals surface area contributed by atoms with Crippen LogP contribution in [0.4, 0.5) is 0 Å². The molecule has 0 aromatic rings. The van der Waals surface area contributed by atoms with Crippen LogP contribution in [0.2, 0.25) is 0 Å². The van der Waals surface area contributed by atoms with Gasteiger partial charge in [0.25, 0.3) is 0 Å². The second kappa shape index (κ2) is 5.22. The second-order valence-corrected chi connectivity index (χ2v) is 3.67. The molecule has 0 aromatic carbocycles. The molecule has 76 valence electrons. The minimum Gasteiger partial charge on any atom is -0.381 e. The Balaban J connectivity index is 2.26. The summed E-state index contributed by atoms with van der Waals surface area (Å²) in [6, 6.07) is 0. The molecule has 0 radical (unpaired) electrons. The van der Waals surface area contributed by atoms with Crippen molar-refractivity contribution < 1.29 is 9.53 Å². The molecule has 1 fully saturated rings. The van der Waals surface area contributed by atoms with Gasteiger partial charge in [-0.2, -0.15) is 0 Å². The van der Waals surface area contributed by atoms with Crippen LogP contribution >= 0.6 is 0 Å². The Morgan fingerprint density at radius 2 is 2.08 bits per heavy atom. The third kappa shape index (κ3) is 3.35. The van der Waals surface area contributed by atoms with E-state index in [-0.39, 0.29) is 5.91 Å². The van der Waals surface area contributed by atoms with Gasteiger partial charge in [-0.3, -0.25) is 4.79 Å². The molecule has 1 aliphatic heterocycles. The maximum atomic E-state index is 11.5. The van der Waals surface area contributed by atoms with Gasteiger partial charge in [0, 0.05) is 33.2 Å². The molecule has 13 heavy (non-hydrogen) atoms. The fraction of sp³-hybridized carbons (Fsp3) is 0.900. The van der Waals surface area contributed by atoms with Crippen LogP contribution < -0.4 is 0 Å². The Morgan fingerprint density at radius 3 is 2.62 bits per heavy atom. The fourth-order valence-electron chi connectivity index (χ4n) is 1.53. The van der Waals surface area contributed by atoms with E-state index in [4.69, 9.17) is 4.74 Å². The highest BCUT2D eigenvalue weighted by molar-refractivity contribution is 5.76. The molecule has 1 rings (SSSR count). The number of rotatable bonds is 3. The van der Waals surface area contributed by atoms with Crippen LogP contribution in [0.3, 0.4) is 0 Å². The third-order valence-electron chi connectivity index (χ3n) is 2.70. The minimum absolute atomic E-state index is 0.273. The molecule has 1 heterocycles. The van der Waals surface area contributed by atoms with Gasteiger partial charge in [-0.15, -0.1) is 0 Å². The molecule has 0 aromatic heterocycles. The van der Waals surface area contributed by atoms with E-state index in [0.29, 0.717) is 12.3 Å². The highest BCUT2D eigenvalue weighted by atomic mass is 16.5. The van der Waals surface area contributed by atoms with E-state index in [0.717, 1.165) is 32.6 Å². The van der Waals surface area contributed by atoms with Crippen LogP contribution in [0.5, 0.6) is 0 Å². The topological polar surface area (TPSA) is 29.5 Å². The van der Waals surface area contributed by atoms with E-state index in [1.807, 2.05) is 14.0 Å². The first-order chi connectivity index (χ1) is 6.24. The van der Waals surface area contributed by atoms with Crippen LogP contribution in [0.25, 0.3) is 0 Å². The highest BCUT2D eigenvalue weighted by Gasteiger charge is 2.18. The summed E-state index contributed by atoms with van der Waals surface area (Å²) in [5.74, 6) is 0.824. The average Bonchev–Trinajstić information content (AvgIpc) is 2.18. The van der Waals surface area contributed by atoms with Crippen LogP contribution in [-0.4, -0.2) is 37.6 Å². The first-order valence-corrected chi connectivity index (χ1v) is 5.05. The van der Waals surface area contributed by atoms with E-state index in [2.05, 4.69) is 0 Å². The molecule has 0 saturated carbocycles. The van der Waals surface area contributed by atoms with Gasteiger partial charge >= 0.3 is 0 Å². The van der Waals surface area contributed by atoms with E-state index in [9.17, 15) is 4.79 Å². The van der Waals surface area contributed by atoms with Crippen molar-refractivity contribution in [2.45, 2.75) is 26.2 Å².